The van der Waals surface area contributed by atoms with Gasteiger partial charge in [-0.25, -0.2) is 0 Å². The summed E-state index contributed by atoms with van der Waals surface area (Å²) in [6.07, 6.45) is 18.4. The average molecular weight is 387 g/mol. The molecule has 1 nitrogen and oxygen atoms in total. The molecule has 4 saturated carbocycles. The first-order valence-corrected chi connectivity index (χ1v) is 12.7. The van der Waals surface area contributed by atoms with Crippen molar-refractivity contribution >= 4 is 0 Å². The molecule has 1 heteroatoms. The molecule has 10 atom stereocenters. The van der Waals surface area contributed by atoms with Gasteiger partial charge in [0.25, 0.3) is 0 Å². The van der Waals surface area contributed by atoms with Crippen LogP contribution in [0, 0.1) is 52.3 Å². The SMILES string of the molecule is CCC(C)/C=C/C(C)C1CCC2C3CC[C@H]4C[C@H](O)CCC4(C)C3CCC12C. The van der Waals surface area contributed by atoms with E-state index in [1.54, 1.807) is 0 Å². The topological polar surface area (TPSA) is 20.2 Å². The zero-order valence-corrected chi connectivity index (χ0v) is 19.3. The summed E-state index contributed by atoms with van der Waals surface area (Å²) < 4.78 is 0. The van der Waals surface area contributed by atoms with Crippen LogP contribution in [0.2, 0.25) is 0 Å². The van der Waals surface area contributed by atoms with Crippen LogP contribution >= 0.6 is 0 Å². The Labute approximate surface area is 174 Å². The van der Waals surface area contributed by atoms with E-state index in [1.807, 2.05) is 0 Å². The van der Waals surface area contributed by atoms with Crippen molar-refractivity contribution in [2.75, 3.05) is 0 Å². The zero-order valence-electron chi connectivity index (χ0n) is 19.3. The predicted molar refractivity (Wildman–Crippen MR) is 119 cm³/mol. The van der Waals surface area contributed by atoms with Crippen LogP contribution in [-0.2, 0) is 0 Å². The molecule has 8 unspecified atom stereocenters. The van der Waals surface area contributed by atoms with Gasteiger partial charge in [-0.15, -0.1) is 0 Å². The molecule has 0 aromatic heterocycles. The number of hydrogen-bond donors (Lipinski definition) is 1. The van der Waals surface area contributed by atoms with Crippen molar-refractivity contribution < 1.29 is 5.11 Å². The monoisotopic (exact) mass is 386 g/mol. The molecule has 0 spiro atoms. The molecular weight excluding hydrogens is 340 g/mol. The summed E-state index contributed by atoms with van der Waals surface area (Å²) in [6.45, 7) is 12.5. The summed E-state index contributed by atoms with van der Waals surface area (Å²) in [4.78, 5) is 0. The van der Waals surface area contributed by atoms with E-state index in [-0.39, 0.29) is 6.10 Å². The maximum atomic E-state index is 10.2. The lowest BCUT2D eigenvalue weighted by atomic mass is 9.44. The molecule has 0 heterocycles. The zero-order chi connectivity index (χ0) is 20.1. The summed E-state index contributed by atoms with van der Waals surface area (Å²) in [5.41, 5.74) is 1.08. The Morgan fingerprint density at radius 1 is 0.893 bits per heavy atom. The van der Waals surface area contributed by atoms with Crippen molar-refractivity contribution in [3.8, 4) is 0 Å². The second-order valence-electron chi connectivity index (χ2n) is 11.9. The van der Waals surface area contributed by atoms with E-state index in [4.69, 9.17) is 0 Å². The highest BCUT2D eigenvalue weighted by molar-refractivity contribution is 5.11. The van der Waals surface area contributed by atoms with Gasteiger partial charge >= 0.3 is 0 Å². The van der Waals surface area contributed by atoms with E-state index in [0.29, 0.717) is 10.8 Å². The summed E-state index contributed by atoms with van der Waals surface area (Å²) in [5, 5.41) is 10.2. The Bertz CT molecular complexity index is 581. The smallest absolute Gasteiger partial charge is 0.0543 e. The number of fused-ring (bicyclic) bond motifs is 5. The molecule has 0 aromatic carbocycles. The second-order valence-corrected chi connectivity index (χ2v) is 11.9. The van der Waals surface area contributed by atoms with Gasteiger partial charge in [-0.3, -0.25) is 0 Å². The fraction of sp³-hybridized carbons (Fsp3) is 0.926. The van der Waals surface area contributed by atoms with Crippen LogP contribution in [0.5, 0.6) is 0 Å². The number of rotatable bonds is 4. The van der Waals surface area contributed by atoms with Gasteiger partial charge in [0.15, 0.2) is 0 Å². The molecule has 4 fully saturated rings. The number of allylic oxidation sites excluding steroid dienone is 2. The second kappa shape index (κ2) is 7.75. The van der Waals surface area contributed by atoms with Crippen molar-refractivity contribution in [3.63, 3.8) is 0 Å². The molecule has 0 saturated heterocycles. The van der Waals surface area contributed by atoms with Crippen LogP contribution in [0.4, 0.5) is 0 Å². The minimum absolute atomic E-state index is 0.0162. The van der Waals surface area contributed by atoms with E-state index >= 15 is 0 Å². The lowest BCUT2D eigenvalue weighted by Crippen LogP contribution is -2.54. The fourth-order valence-corrected chi connectivity index (χ4v) is 8.77. The fourth-order valence-electron chi connectivity index (χ4n) is 8.77. The van der Waals surface area contributed by atoms with E-state index in [9.17, 15) is 5.11 Å². The first-order valence-electron chi connectivity index (χ1n) is 12.7. The Kier molecular flexibility index (Phi) is 5.80. The van der Waals surface area contributed by atoms with Crippen molar-refractivity contribution in [1.82, 2.24) is 0 Å². The highest BCUT2D eigenvalue weighted by Gasteiger charge is 2.60. The van der Waals surface area contributed by atoms with Gasteiger partial charge in [-0.1, -0.05) is 53.2 Å². The van der Waals surface area contributed by atoms with Crippen LogP contribution in [0.25, 0.3) is 0 Å². The first kappa shape index (κ1) is 21.0. The molecule has 4 aliphatic carbocycles. The Morgan fingerprint density at radius 3 is 2.36 bits per heavy atom. The summed E-state index contributed by atoms with van der Waals surface area (Å²) in [7, 11) is 0. The minimum Gasteiger partial charge on any atom is -0.393 e. The van der Waals surface area contributed by atoms with Gasteiger partial charge in [0.2, 0.25) is 0 Å². The number of hydrogen-bond acceptors (Lipinski definition) is 1. The van der Waals surface area contributed by atoms with E-state index < -0.39 is 0 Å². The number of aliphatic hydroxyl groups is 1. The molecule has 28 heavy (non-hydrogen) atoms. The van der Waals surface area contributed by atoms with Crippen molar-refractivity contribution in [1.29, 1.82) is 0 Å². The summed E-state index contributed by atoms with van der Waals surface area (Å²) in [5.74, 6) is 5.99. The van der Waals surface area contributed by atoms with Crippen LogP contribution in [0.15, 0.2) is 12.2 Å². The Balaban J connectivity index is 1.51. The first-order chi connectivity index (χ1) is 13.3. The predicted octanol–water partition coefficient (Wildman–Crippen LogP) is 7.24. The molecule has 0 bridgehead atoms. The van der Waals surface area contributed by atoms with Crippen molar-refractivity contribution in [2.24, 2.45) is 52.3 Å². The van der Waals surface area contributed by atoms with E-state index in [2.05, 4.69) is 46.8 Å². The average Bonchev–Trinajstić information content (AvgIpc) is 3.03. The van der Waals surface area contributed by atoms with Gasteiger partial charge in [-0.05, 0) is 110 Å². The molecule has 160 valence electrons. The van der Waals surface area contributed by atoms with Gasteiger partial charge in [0, 0.05) is 0 Å². The Morgan fingerprint density at radius 2 is 1.61 bits per heavy atom. The van der Waals surface area contributed by atoms with Crippen LogP contribution < -0.4 is 0 Å². The van der Waals surface area contributed by atoms with Crippen LogP contribution in [0.1, 0.15) is 98.8 Å². The highest BCUT2D eigenvalue weighted by atomic mass is 16.3. The van der Waals surface area contributed by atoms with Crippen molar-refractivity contribution in [3.05, 3.63) is 12.2 Å². The van der Waals surface area contributed by atoms with E-state index in [0.717, 1.165) is 54.3 Å². The van der Waals surface area contributed by atoms with Crippen LogP contribution in [-0.4, -0.2) is 11.2 Å². The van der Waals surface area contributed by atoms with Gasteiger partial charge in [0.05, 0.1) is 6.10 Å². The molecular formula is C27H46O. The third kappa shape index (κ3) is 3.32. The third-order valence-corrected chi connectivity index (χ3v) is 10.7. The van der Waals surface area contributed by atoms with Gasteiger partial charge in [0.1, 0.15) is 0 Å². The highest BCUT2D eigenvalue weighted by Crippen LogP contribution is 2.68. The minimum atomic E-state index is -0.0162. The van der Waals surface area contributed by atoms with E-state index in [1.165, 1.54) is 51.4 Å². The van der Waals surface area contributed by atoms with Crippen LogP contribution in [0.3, 0.4) is 0 Å². The molecule has 1 N–H and O–H groups in total. The molecule has 0 aliphatic heterocycles. The molecule has 4 rings (SSSR count). The maximum Gasteiger partial charge on any atom is 0.0543 e. The van der Waals surface area contributed by atoms with Gasteiger partial charge < -0.3 is 5.11 Å². The lowest BCUT2D eigenvalue weighted by Gasteiger charge is -2.61. The summed E-state index contributed by atoms with van der Waals surface area (Å²) in [6, 6.07) is 0. The third-order valence-electron chi connectivity index (χ3n) is 10.7. The normalized spacial score (nSPS) is 50.6. The summed E-state index contributed by atoms with van der Waals surface area (Å²) >= 11 is 0. The molecule has 0 aromatic rings. The van der Waals surface area contributed by atoms with Gasteiger partial charge in [-0.2, -0.15) is 0 Å². The quantitative estimate of drug-likeness (QED) is 0.505. The number of aliphatic hydroxyl groups excluding tert-OH is 1. The largest absolute Gasteiger partial charge is 0.393 e. The standard InChI is InChI=1S/C27H46O/c1-6-18(2)7-8-19(3)23-11-12-24-22-10-9-20-17-21(28)13-15-26(20,4)25(22)14-16-27(23,24)5/h7-8,18-25,28H,6,9-17H2,1-5H3/b8-7+/t18?,19?,20-,21+,22?,23?,24?,25?,26?,27?/m0/s1. The molecule has 0 radical (unpaired) electrons. The molecule has 4 aliphatic rings. The maximum absolute atomic E-state index is 10.2. The lowest BCUT2D eigenvalue weighted by molar-refractivity contribution is -0.128. The van der Waals surface area contributed by atoms with Crippen molar-refractivity contribution in [2.45, 2.75) is 105 Å². The molecule has 0 amide bonds. The Hall–Kier alpha value is -0.300.